The highest BCUT2D eigenvalue weighted by Crippen LogP contribution is 2.63. The van der Waals surface area contributed by atoms with E-state index in [0.29, 0.717) is 5.56 Å². The Morgan fingerprint density at radius 3 is 2.33 bits per heavy atom. The highest BCUT2D eigenvalue weighted by molar-refractivity contribution is 6.04. The monoisotopic (exact) mass is 398 g/mol. The SMILES string of the molecule is CC1=NN2C(=O)C=C(c3ccc(C#N)cc3)NC2C=C1C12CC3CC(CC(C3)C1)C2. The van der Waals surface area contributed by atoms with Crippen molar-refractivity contribution < 1.29 is 4.79 Å². The van der Waals surface area contributed by atoms with Crippen LogP contribution in [0.25, 0.3) is 5.70 Å². The number of rotatable bonds is 2. The second-order valence-corrected chi connectivity index (χ2v) is 9.98. The zero-order valence-electron chi connectivity index (χ0n) is 17.3. The third-order valence-electron chi connectivity index (χ3n) is 7.97. The van der Waals surface area contributed by atoms with Crippen molar-refractivity contribution in [1.29, 1.82) is 5.26 Å². The molecule has 0 spiro atoms. The predicted molar refractivity (Wildman–Crippen MR) is 115 cm³/mol. The normalized spacial score (nSPS) is 36.3. The van der Waals surface area contributed by atoms with E-state index >= 15 is 0 Å². The lowest BCUT2D eigenvalue weighted by Crippen LogP contribution is -2.53. The molecule has 1 unspecified atom stereocenters. The summed E-state index contributed by atoms with van der Waals surface area (Å²) in [5, 5.41) is 18.9. The van der Waals surface area contributed by atoms with Gasteiger partial charge in [0.2, 0.25) is 0 Å². The summed E-state index contributed by atoms with van der Waals surface area (Å²) in [6, 6.07) is 9.50. The van der Waals surface area contributed by atoms with E-state index in [1.165, 1.54) is 44.1 Å². The summed E-state index contributed by atoms with van der Waals surface area (Å²) >= 11 is 0. The fourth-order valence-electron chi connectivity index (χ4n) is 7.20. The number of carbonyl (C=O) groups is 1. The molecular weight excluding hydrogens is 372 g/mol. The number of amides is 1. The van der Waals surface area contributed by atoms with Gasteiger partial charge >= 0.3 is 0 Å². The summed E-state index contributed by atoms with van der Waals surface area (Å²) in [4.78, 5) is 12.9. The van der Waals surface area contributed by atoms with E-state index in [1.807, 2.05) is 12.1 Å². The Kier molecular flexibility index (Phi) is 3.78. The van der Waals surface area contributed by atoms with Crippen molar-refractivity contribution in [2.75, 3.05) is 0 Å². The molecule has 1 N–H and O–H groups in total. The molecule has 4 bridgehead atoms. The van der Waals surface area contributed by atoms with Gasteiger partial charge in [-0.25, -0.2) is 5.01 Å². The molecule has 6 aliphatic rings. The molecule has 4 saturated carbocycles. The van der Waals surface area contributed by atoms with Crippen LogP contribution in [-0.2, 0) is 4.79 Å². The van der Waals surface area contributed by atoms with Crippen molar-refractivity contribution in [2.24, 2.45) is 28.3 Å². The molecule has 5 nitrogen and oxygen atoms in total. The summed E-state index contributed by atoms with van der Waals surface area (Å²) in [6.07, 6.45) is 11.8. The van der Waals surface area contributed by atoms with Gasteiger partial charge in [-0.2, -0.15) is 10.4 Å². The Morgan fingerprint density at radius 1 is 1.10 bits per heavy atom. The first-order valence-electron chi connectivity index (χ1n) is 11.1. The third-order valence-corrected chi connectivity index (χ3v) is 7.97. The number of nitriles is 1. The van der Waals surface area contributed by atoms with Crippen LogP contribution < -0.4 is 5.32 Å². The molecule has 2 heterocycles. The average molecular weight is 399 g/mol. The van der Waals surface area contributed by atoms with Crippen LogP contribution in [-0.4, -0.2) is 22.8 Å². The van der Waals surface area contributed by atoms with Crippen molar-refractivity contribution in [3.63, 3.8) is 0 Å². The molecule has 2 aliphatic heterocycles. The summed E-state index contributed by atoms with van der Waals surface area (Å²) in [7, 11) is 0. The first kappa shape index (κ1) is 17.9. The molecule has 1 amide bonds. The largest absolute Gasteiger partial charge is 0.360 e. The minimum atomic E-state index is -0.250. The number of hydrogen-bond acceptors (Lipinski definition) is 4. The van der Waals surface area contributed by atoms with E-state index in [-0.39, 0.29) is 17.5 Å². The van der Waals surface area contributed by atoms with Gasteiger partial charge in [0.15, 0.2) is 0 Å². The number of hydrazone groups is 1. The molecule has 4 aliphatic carbocycles. The van der Waals surface area contributed by atoms with Gasteiger partial charge in [-0.3, -0.25) is 4.79 Å². The average Bonchev–Trinajstić information content (AvgIpc) is 2.73. The molecule has 0 saturated heterocycles. The van der Waals surface area contributed by atoms with Gasteiger partial charge in [-0.15, -0.1) is 0 Å². The Hall–Kier alpha value is -2.87. The number of carbonyl (C=O) groups excluding carboxylic acids is 1. The molecule has 1 aromatic carbocycles. The van der Waals surface area contributed by atoms with Gasteiger partial charge in [0, 0.05) is 11.8 Å². The Labute approximate surface area is 177 Å². The molecule has 152 valence electrons. The fraction of sp³-hybridized carbons (Fsp3) is 0.480. The van der Waals surface area contributed by atoms with Gasteiger partial charge in [0.05, 0.1) is 17.3 Å². The van der Waals surface area contributed by atoms with E-state index in [0.717, 1.165) is 34.7 Å². The summed E-state index contributed by atoms with van der Waals surface area (Å²) < 4.78 is 0. The van der Waals surface area contributed by atoms with Crippen molar-refractivity contribution in [3.05, 3.63) is 53.1 Å². The standard InChI is InChI=1S/C25H26N4O/c1-15-21(25-11-17-6-18(12-25)8-19(7-17)13-25)9-23-27-22(10-24(30)29(23)28-15)20-4-2-16(14-26)3-5-20/h2-5,9-10,17-19,23,27H,6-8,11-13H2,1H3. The smallest absolute Gasteiger partial charge is 0.271 e. The summed E-state index contributed by atoms with van der Waals surface area (Å²) in [5.41, 5.74) is 4.97. The van der Waals surface area contributed by atoms with Gasteiger partial charge in [-0.1, -0.05) is 12.1 Å². The second-order valence-electron chi connectivity index (χ2n) is 9.98. The van der Waals surface area contributed by atoms with Crippen LogP contribution in [0.2, 0.25) is 0 Å². The molecule has 7 rings (SSSR count). The van der Waals surface area contributed by atoms with Crippen LogP contribution >= 0.6 is 0 Å². The van der Waals surface area contributed by atoms with Crippen LogP contribution in [0.1, 0.15) is 56.6 Å². The van der Waals surface area contributed by atoms with Crippen molar-refractivity contribution in [3.8, 4) is 6.07 Å². The molecule has 0 aromatic heterocycles. The van der Waals surface area contributed by atoms with E-state index in [9.17, 15) is 4.79 Å². The maximum Gasteiger partial charge on any atom is 0.271 e. The molecule has 1 atom stereocenters. The molecule has 1 aromatic rings. The van der Waals surface area contributed by atoms with E-state index in [2.05, 4.69) is 24.4 Å². The van der Waals surface area contributed by atoms with E-state index in [4.69, 9.17) is 10.4 Å². The molecule has 30 heavy (non-hydrogen) atoms. The topological polar surface area (TPSA) is 68.5 Å². The number of fused-ring (bicyclic) bond motifs is 1. The number of nitrogens with one attached hydrogen (secondary N) is 1. The minimum Gasteiger partial charge on any atom is -0.360 e. The van der Waals surface area contributed by atoms with Crippen LogP contribution in [0.4, 0.5) is 0 Å². The first-order valence-corrected chi connectivity index (χ1v) is 11.1. The van der Waals surface area contributed by atoms with Gasteiger partial charge < -0.3 is 5.32 Å². The van der Waals surface area contributed by atoms with Gasteiger partial charge in [-0.05, 0) is 98.0 Å². The zero-order valence-corrected chi connectivity index (χ0v) is 17.3. The van der Waals surface area contributed by atoms with Crippen molar-refractivity contribution >= 4 is 17.3 Å². The van der Waals surface area contributed by atoms with Crippen LogP contribution in [0.15, 0.2) is 47.1 Å². The fourth-order valence-corrected chi connectivity index (χ4v) is 7.20. The first-order chi connectivity index (χ1) is 14.5. The molecule has 4 fully saturated rings. The molecular formula is C25H26N4O. The van der Waals surface area contributed by atoms with Crippen molar-refractivity contribution in [2.45, 2.75) is 51.6 Å². The van der Waals surface area contributed by atoms with Crippen LogP contribution in [0, 0.1) is 34.5 Å². The summed E-state index contributed by atoms with van der Waals surface area (Å²) in [5.74, 6) is 2.52. The molecule has 0 radical (unpaired) electrons. The lowest BCUT2D eigenvalue weighted by atomic mass is 9.47. The number of allylic oxidation sites excluding steroid dienone is 1. The minimum absolute atomic E-state index is 0.0988. The molecule has 5 heteroatoms. The maximum atomic E-state index is 12.9. The second kappa shape index (κ2) is 6.31. The number of hydrogen-bond donors (Lipinski definition) is 1. The van der Waals surface area contributed by atoms with Crippen molar-refractivity contribution in [1.82, 2.24) is 10.3 Å². The van der Waals surface area contributed by atoms with Gasteiger partial charge in [0.1, 0.15) is 6.17 Å². The Balaban J connectivity index is 1.34. The number of nitrogens with zero attached hydrogens (tertiary/aromatic N) is 3. The van der Waals surface area contributed by atoms with Gasteiger partial charge in [0.25, 0.3) is 5.91 Å². The van der Waals surface area contributed by atoms with Crippen LogP contribution in [0.5, 0.6) is 0 Å². The summed E-state index contributed by atoms with van der Waals surface area (Å²) in [6.45, 7) is 2.08. The maximum absolute atomic E-state index is 12.9. The lowest BCUT2D eigenvalue weighted by Gasteiger charge is -2.58. The highest BCUT2D eigenvalue weighted by Gasteiger charge is 2.53. The zero-order chi connectivity index (χ0) is 20.5. The quantitative estimate of drug-likeness (QED) is 0.812. The van der Waals surface area contributed by atoms with E-state index in [1.54, 1.807) is 23.2 Å². The predicted octanol–water partition coefficient (Wildman–Crippen LogP) is 4.19. The highest BCUT2D eigenvalue weighted by atomic mass is 16.2. The number of benzene rings is 1. The Bertz CT molecular complexity index is 1020. The lowest BCUT2D eigenvalue weighted by molar-refractivity contribution is -0.128. The third kappa shape index (κ3) is 2.66. The van der Waals surface area contributed by atoms with Crippen LogP contribution in [0.3, 0.4) is 0 Å². The van der Waals surface area contributed by atoms with E-state index < -0.39 is 0 Å². The Morgan fingerprint density at radius 2 is 1.73 bits per heavy atom.